The molecule has 22 nitrogen and oxygen atoms in total. The molecule has 2 aromatic rings. The fourth-order valence-corrected chi connectivity index (χ4v) is 9.38. The number of hydrogen-bond acceptors (Lipinski definition) is 20. The molecule has 0 spiro atoms. The Kier molecular flexibility index (Phi) is 15.9. The highest BCUT2D eigenvalue weighted by Gasteiger charge is 2.51. The predicted molar refractivity (Wildman–Crippen MR) is 226 cm³/mol. The molecule has 2 aromatic carbocycles. The molecule has 7 unspecified atom stereocenters. The van der Waals surface area contributed by atoms with E-state index in [1.165, 1.54) is 32.2 Å². The lowest BCUT2D eigenvalue weighted by atomic mass is 9.72. The topological polar surface area (TPSA) is 382 Å². The molecule has 3 aliphatic carbocycles. The maximum atomic E-state index is 14.0. The number of nitrogens with one attached hydrogen (secondary N) is 1. The highest BCUT2D eigenvalue weighted by atomic mass is 16.7. The lowest BCUT2D eigenvalue weighted by Crippen LogP contribution is -2.55. The van der Waals surface area contributed by atoms with E-state index in [0.29, 0.717) is 0 Å². The molecule has 0 bridgehead atoms. The summed E-state index contributed by atoms with van der Waals surface area (Å²) in [7, 11) is 1.28. The highest BCUT2D eigenvalue weighted by molar-refractivity contribution is 6.31. The van der Waals surface area contributed by atoms with Crippen LogP contribution in [0.1, 0.15) is 120 Å². The molecule has 0 aromatic heterocycles. The molecule has 2 amide bonds. The van der Waals surface area contributed by atoms with E-state index in [2.05, 4.69) is 5.32 Å². The van der Waals surface area contributed by atoms with Gasteiger partial charge < -0.3 is 76.6 Å². The SMILES string of the molecule is COc1cccc2c1C(=O)c1c(O)c3c(c(O)c1C2=O)C[C@@](O)(C(=O)CO)C[C@H]3OC1C[C@H](NC(=O)CCC(=O)CCC(O)C(O)CCC(=O)OC2CCC(N)C(O)C2C(N)=O)[C@H](O)[C@H](C)O1. The first-order chi connectivity index (χ1) is 31.6. The minimum atomic E-state index is -2.41. The number of rotatable bonds is 18. The fourth-order valence-electron chi connectivity index (χ4n) is 9.38. The van der Waals surface area contributed by atoms with E-state index >= 15 is 0 Å². The Labute approximate surface area is 383 Å². The van der Waals surface area contributed by atoms with Crippen molar-refractivity contribution in [2.24, 2.45) is 17.4 Å². The molecule has 1 heterocycles. The number of aliphatic hydroxyl groups excluding tert-OH is 5. The Morgan fingerprint density at radius 3 is 2.25 bits per heavy atom. The number of nitrogens with two attached hydrogens (primary N) is 2. The molecule has 22 heteroatoms. The quantitative estimate of drug-likeness (QED) is 0.0499. The predicted octanol–water partition coefficient (Wildman–Crippen LogP) is -1.71. The number of aromatic hydroxyl groups is 2. The van der Waals surface area contributed by atoms with E-state index in [-0.39, 0.29) is 85.8 Å². The minimum absolute atomic E-state index is 0.0192. The Balaban J connectivity index is 1.06. The van der Waals surface area contributed by atoms with Gasteiger partial charge in [-0.3, -0.25) is 33.6 Å². The average molecular weight is 944 g/mol. The number of ketones is 4. The van der Waals surface area contributed by atoms with Crippen molar-refractivity contribution >= 4 is 40.9 Å². The molecule has 1 saturated heterocycles. The third kappa shape index (κ3) is 10.5. The van der Waals surface area contributed by atoms with Crippen molar-refractivity contribution in [2.45, 2.75) is 144 Å². The number of aliphatic hydroxyl groups is 6. The zero-order valence-corrected chi connectivity index (χ0v) is 36.8. The largest absolute Gasteiger partial charge is 0.507 e. The third-order valence-corrected chi connectivity index (χ3v) is 13.1. The van der Waals surface area contributed by atoms with Gasteiger partial charge in [-0.25, -0.2) is 0 Å². The van der Waals surface area contributed by atoms with Gasteiger partial charge in [0.1, 0.15) is 53.4 Å². The van der Waals surface area contributed by atoms with Gasteiger partial charge >= 0.3 is 5.97 Å². The Morgan fingerprint density at radius 1 is 0.925 bits per heavy atom. The first kappa shape index (κ1) is 51.0. The van der Waals surface area contributed by atoms with Gasteiger partial charge in [-0.2, -0.15) is 0 Å². The van der Waals surface area contributed by atoms with Crippen LogP contribution in [0.2, 0.25) is 0 Å². The second-order valence-corrected chi connectivity index (χ2v) is 17.6. The summed E-state index contributed by atoms with van der Waals surface area (Å²) in [6.45, 7) is 0.326. The number of fused-ring (bicyclic) bond motifs is 3. The third-order valence-electron chi connectivity index (χ3n) is 13.1. The summed E-state index contributed by atoms with van der Waals surface area (Å²) in [5.41, 5.74) is 6.72. The first-order valence-electron chi connectivity index (χ1n) is 21.9. The number of ether oxygens (including phenoxy) is 4. The van der Waals surface area contributed by atoms with Gasteiger partial charge in [0.05, 0.1) is 60.4 Å². The number of phenolic OH excluding ortho intramolecular Hbond substituents is 2. The number of phenols is 2. The molecule has 0 radical (unpaired) electrons. The van der Waals surface area contributed by atoms with Gasteiger partial charge in [0.25, 0.3) is 0 Å². The number of carbonyl (C=O) groups is 7. The van der Waals surface area contributed by atoms with Crippen molar-refractivity contribution in [1.29, 1.82) is 0 Å². The van der Waals surface area contributed by atoms with Crippen LogP contribution in [-0.4, -0.2) is 156 Å². The fraction of sp³-hybridized carbons (Fsp3) is 0.578. The van der Waals surface area contributed by atoms with E-state index in [0.717, 1.165) is 0 Å². The molecule has 366 valence electrons. The van der Waals surface area contributed by atoms with E-state index < -0.39 is 156 Å². The maximum Gasteiger partial charge on any atom is 0.306 e. The molecule has 67 heavy (non-hydrogen) atoms. The number of benzene rings is 2. The van der Waals surface area contributed by atoms with Crippen molar-refractivity contribution in [3.8, 4) is 17.2 Å². The molecule has 2 fully saturated rings. The number of carbonyl (C=O) groups excluding carboxylic acids is 7. The summed E-state index contributed by atoms with van der Waals surface area (Å²) in [6.07, 6.45) is -13.3. The van der Waals surface area contributed by atoms with Crippen molar-refractivity contribution < 1.29 is 93.4 Å². The standard InChI is InChI=1S/C45H57N3O19/c1-18-38(56)23(48-30(54)12-7-19(50)6-9-24(51)25(52)10-13-31(55)66-27-11-8-22(46)41(59)35(27)44(47)62)14-32(65-18)67-28-16-45(63,29(53)17-49)15-21-34(28)43(61)37-36(40(21)58)39(57)20-4-3-5-26(64-2)33(20)42(37)60/h3-5,18,22-25,27-28,32,35,38,41,49,51-52,56,58-59,61,63H,6-17,46H2,1-2H3,(H2,47,62)(H,48,54)/t18-,22?,23-,24?,25?,27?,28+,32?,35?,38+,41?,45-/m0/s1. The normalized spacial score (nSPS) is 28.8. The minimum Gasteiger partial charge on any atom is -0.507 e. The van der Waals surface area contributed by atoms with Crippen LogP contribution in [0.25, 0.3) is 0 Å². The van der Waals surface area contributed by atoms with E-state index in [1.807, 2.05) is 0 Å². The van der Waals surface area contributed by atoms with Gasteiger partial charge in [-0.15, -0.1) is 0 Å². The average Bonchev–Trinajstić information content (AvgIpc) is 3.28. The molecule has 13 N–H and O–H groups in total. The monoisotopic (exact) mass is 943 g/mol. The van der Waals surface area contributed by atoms with Crippen LogP contribution in [0.5, 0.6) is 17.2 Å². The van der Waals surface area contributed by atoms with Gasteiger partial charge in [0, 0.05) is 67.7 Å². The summed E-state index contributed by atoms with van der Waals surface area (Å²) in [5.74, 6) is -8.40. The molecular formula is C45H57N3O19. The Morgan fingerprint density at radius 2 is 1.60 bits per heavy atom. The van der Waals surface area contributed by atoms with Gasteiger partial charge in [-0.05, 0) is 38.7 Å². The van der Waals surface area contributed by atoms with Crippen molar-refractivity contribution in [3.05, 3.63) is 51.6 Å². The molecule has 6 rings (SSSR count). The highest BCUT2D eigenvalue weighted by Crippen LogP contribution is 2.52. The Hall–Kier alpha value is -5.43. The van der Waals surface area contributed by atoms with Gasteiger partial charge in [-0.1, -0.05) is 12.1 Å². The van der Waals surface area contributed by atoms with Crippen LogP contribution < -0.4 is 21.5 Å². The number of methoxy groups -OCH3 is 1. The van der Waals surface area contributed by atoms with Crippen molar-refractivity contribution in [3.63, 3.8) is 0 Å². The smallest absolute Gasteiger partial charge is 0.306 e. The van der Waals surface area contributed by atoms with Gasteiger partial charge in [0.15, 0.2) is 17.9 Å². The van der Waals surface area contributed by atoms with Crippen LogP contribution in [0, 0.1) is 5.92 Å². The second-order valence-electron chi connectivity index (χ2n) is 17.6. The van der Waals surface area contributed by atoms with E-state index in [4.69, 9.17) is 30.4 Å². The number of hydrogen-bond donors (Lipinski definition) is 11. The van der Waals surface area contributed by atoms with Crippen LogP contribution in [-0.2, 0) is 44.6 Å². The summed E-state index contributed by atoms with van der Waals surface area (Å²) >= 11 is 0. The molecule has 4 aliphatic rings. The zero-order chi connectivity index (χ0) is 49.2. The second kappa shape index (κ2) is 20.8. The van der Waals surface area contributed by atoms with E-state index in [9.17, 15) is 74.4 Å². The zero-order valence-electron chi connectivity index (χ0n) is 36.8. The van der Waals surface area contributed by atoms with Crippen LogP contribution in [0.3, 0.4) is 0 Å². The van der Waals surface area contributed by atoms with Gasteiger partial charge in [0.2, 0.25) is 17.6 Å². The molecule has 1 saturated carbocycles. The lowest BCUT2D eigenvalue weighted by Gasteiger charge is -2.43. The number of primary amides is 1. The lowest BCUT2D eigenvalue weighted by molar-refractivity contribution is -0.249. The number of Topliss-reactive ketones (excluding diaryl/α,β-unsaturated/α-hetero) is 2. The maximum absolute atomic E-state index is 14.0. The molecule has 1 aliphatic heterocycles. The van der Waals surface area contributed by atoms with Crippen molar-refractivity contribution in [1.82, 2.24) is 5.32 Å². The van der Waals surface area contributed by atoms with E-state index in [1.54, 1.807) is 0 Å². The van der Waals surface area contributed by atoms with Crippen LogP contribution >= 0.6 is 0 Å². The molecule has 12 atom stereocenters. The number of amides is 2. The summed E-state index contributed by atoms with van der Waals surface area (Å²) in [4.78, 5) is 90.9. The summed E-state index contributed by atoms with van der Waals surface area (Å²) < 4.78 is 22.7. The molecular weight excluding hydrogens is 886 g/mol. The van der Waals surface area contributed by atoms with Crippen LogP contribution in [0.4, 0.5) is 0 Å². The first-order valence-corrected chi connectivity index (χ1v) is 21.9. The summed E-state index contributed by atoms with van der Waals surface area (Å²) in [5, 5.41) is 89.5. The summed E-state index contributed by atoms with van der Waals surface area (Å²) in [6, 6.07) is 2.43. The Bertz CT molecular complexity index is 2290. The number of esters is 1. The van der Waals surface area contributed by atoms with Crippen molar-refractivity contribution in [2.75, 3.05) is 13.7 Å². The van der Waals surface area contributed by atoms with Crippen LogP contribution in [0.15, 0.2) is 18.2 Å².